The first-order chi connectivity index (χ1) is 11.2. The molecule has 3 rings (SSSR count). The molecular formula is C18H25N3O2. The number of benzene rings is 1. The largest absolute Gasteiger partial charge is 0.354 e. The molecule has 124 valence electrons. The van der Waals surface area contributed by atoms with E-state index in [0.717, 1.165) is 37.9 Å². The van der Waals surface area contributed by atoms with Crippen molar-refractivity contribution in [3.8, 4) is 0 Å². The minimum atomic E-state index is -0.567. The highest BCUT2D eigenvalue weighted by Crippen LogP contribution is 2.31. The molecule has 0 unspecified atom stereocenters. The molecule has 2 saturated carbocycles. The summed E-state index contributed by atoms with van der Waals surface area (Å²) in [5.41, 5.74) is 0.209. The molecule has 0 radical (unpaired) electrons. The third-order valence-electron chi connectivity index (χ3n) is 4.78. The second-order valence-corrected chi connectivity index (χ2v) is 6.71. The lowest BCUT2D eigenvalue weighted by atomic mass is 9.96. The Hall–Kier alpha value is -1.88. The van der Waals surface area contributed by atoms with E-state index in [-0.39, 0.29) is 18.4 Å². The number of nitrogens with one attached hydrogen (secondary N) is 3. The third-order valence-corrected chi connectivity index (χ3v) is 4.78. The van der Waals surface area contributed by atoms with Crippen molar-refractivity contribution in [2.24, 2.45) is 5.92 Å². The third kappa shape index (κ3) is 4.32. The number of anilines is 1. The zero-order valence-electron chi connectivity index (χ0n) is 13.4. The van der Waals surface area contributed by atoms with Gasteiger partial charge in [-0.05, 0) is 43.7 Å². The number of para-hydroxylation sites is 1. The molecule has 1 aromatic rings. The average molecular weight is 315 g/mol. The molecule has 0 heterocycles. The maximum absolute atomic E-state index is 12.6. The van der Waals surface area contributed by atoms with Crippen molar-refractivity contribution < 1.29 is 9.59 Å². The monoisotopic (exact) mass is 315 g/mol. The van der Waals surface area contributed by atoms with Gasteiger partial charge in [0.1, 0.15) is 0 Å². The molecule has 23 heavy (non-hydrogen) atoms. The minimum Gasteiger partial charge on any atom is -0.354 e. The van der Waals surface area contributed by atoms with Crippen molar-refractivity contribution in [1.29, 1.82) is 0 Å². The molecule has 0 aliphatic heterocycles. The molecule has 5 nitrogen and oxygen atoms in total. The number of carbonyl (C=O) groups is 2. The van der Waals surface area contributed by atoms with Crippen LogP contribution in [0.4, 0.5) is 5.69 Å². The van der Waals surface area contributed by atoms with E-state index < -0.39 is 5.54 Å². The minimum absolute atomic E-state index is 0.0643. The standard InChI is InChI=1S/C18H25N3O2/c22-16(21-15-6-2-1-3-7-15)13-20-18(10-4-5-11-18)17(23)19-12-14-8-9-14/h1-3,6-7,14,20H,4-5,8-13H2,(H,19,23)(H,21,22). The zero-order chi connectivity index (χ0) is 16.1. The normalized spacial score (nSPS) is 19.3. The van der Waals surface area contributed by atoms with Gasteiger partial charge in [0.05, 0.1) is 12.1 Å². The molecule has 0 spiro atoms. The van der Waals surface area contributed by atoms with Crippen molar-refractivity contribution in [1.82, 2.24) is 10.6 Å². The van der Waals surface area contributed by atoms with Crippen LogP contribution < -0.4 is 16.0 Å². The van der Waals surface area contributed by atoms with E-state index in [1.54, 1.807) is 0 Å². The first kappa shape index (κ1) is 16.0. The fourth-order valence-corrected chi connectivity index (χ4v) is 3.17. The summed E-state index contributed by atoms with van der Waals surface area (Å²) in [7, 11) is 0. The molecule has 2 aliphatic rings. The van der Waals surface area contributed by atoms with Gasteiger partial charge < -0.3 is 10.6 Å². The van der Waals surface area contributed by atoms with E-state index in [1.165, 1.54) is 12.8 Å². The second-order valence-electron chi connectivity index (χ2n) is 6.71. The van der Waals surface area contributed by atoms with Crippen molar-refractivity contribution in [3.63, 3.8) is 0 Å². The van der Waals surface area contributed by atoms with Gasteiger partial charge in [-0.25, -0.2) is 0 Å². The summed E-state index contributed by atoms with van der Waals surface area (Å²) in [6.45, 7) is 0.935. The molecule has 2 fully saturated rings. The number of amides is 2. The van der Waals surface area contributed by atoms with E-state index in [2.05, 4.69) is 16.0 Å². The van der Waals surface area contributed by atoms with Gasteiger partial charge in [-0.15, -0.1) is 0 Å². The van der Waals surface area contributed by atoms with Crippen LogP contribution >= 0.6 is 0 Å². The topological polar surface area (TPSA) is 70.2 Å². The first-order valence-corrected chi connectivity index (χ1v) is 8.56. The SMILES string of the molecule is O=C(CNC1(C(=O)NCC2CC2)CCCC1)Nc1ccccc1. The number of hydrogen-bond donors (Lipinski definition) is 3. The predicted molar refractivity (Wildman–Crippen MR) is 90.0 cm³/mol. The second kappa shape index (κ2) is 7.13. The fourth-order valence-electron chi connectivity index (χ4n) is 3.17. The van der Waals surface area contributed by atoms with Gasteiger partial charge in [-0.2, -0.15) is 0 Å². The highest BCUT2D eigenvalue weighted by molar-refractivity contribution is 5.93. The van der Waals surface area contributed by atoms with Gasteiger partial charge in [-0.3, -0.25) is 14.9 Å². The van der Waals surface area contributed by atoms with Crippen LogP contribution in [0.2, 0.25) is 0 Å². The van der Waals surface area contributed by atoms with Crippen LogP contribution in [-0.4, -0.2) is 30.4 Å². The summed E-state index contributed by atoms with van der Waals surface area (Å²) in [5.74, 6) is 0.616. The molecular weight excluding hydrogens is 290 g/mol. The molecule has 5 heteroatoms. The summed E-state index contributed by atoms with van der Waals surface area (Å²) in [6.07, 6.45) is 6.12. The Morgan fingerprint density at radius 3 is 2.43 bits per heavy atom. The van der Waals surface area contributed by atoms with Crippen LogP contribution in [0.1, 0.15) is 38.5 Å². The van der Waals surface area contributed by atoms with Crippen molar-refractivity contribution in [3.05, 3.63) is 30.3 Å². The Balaban J connectivity index is 1.52. The maximum atomic E-state index is 12.6. The van der Waals surface area contributed by atoms with Crippen LogP contribution in [0.25, 0.3) is 0 Å². The van der Waals surface area contributed by atoms with E-state index in [1.807, 2.05) is 30.3 Å². The van der Waals surface area contributed by atoms with Gasteiger partial charge in [0.25, 0.3) is 0 Å². The molecule has 3 N–H and O–H groups in total. The molecule has 0 saturated heterocycles. The molecule has 2 aliphatic carbocycles. The molecule has 0 aromatic heterocycles. The quantitative estimate of drug-likeness (QED) is 0.721. The van der Waals surface area contributed by atoms with Crippen LogP contribution in [0, 0.1) is 5.92 Å². The summed E-state index contributed by atoms with van der Waals surface area (Å²) >= 11 is 0. The fraction of sp³-hybridized carbons (Fsp3) is 0.556. The highest BCUT2D eigenvalue weighted by atomic mass is 16.2. The molecule has 0 atom stereocenters. The summed E-state index contributed by atoms with van der Waals surface area (Å²) in [5, 5.41) is 9.15. The Kier molecular flexibility index (Phi) is 4.96. The Labute approximate surface area is 137 Å². The van der Waals surface area contributed by atoms with Crippen molar-refractivity contribution in [2.45, 2.75) is 44.1 Å². The average Bonchev–Trinajstić information content (AvgIpc) is 3.27. The summed E-state index contributed by atoms with van der Waals surface area (Å²) in [6, 6.07) is 9.38. The number of rotatable bonds is 7. The number of hydrogen-bond acceptors (Lipinski definition) is 3. The zero-order valence-corrected chi connectivity index (χ0v) is 13.4. The lowest BCUT2D eigenvalue weighted by Gasteiger charge is -2.29. The van der Waals surface area contributed by atoms with Crippen LogP contribution in [0.15, 0.2) is 30.3 Å². The summed E-state index contributed by atoms with van der Waals surface area (Å²) < 4.78 is 0. The lowest BCUT2D eigenvalue weighted by Crippen LogP contribution is -2.57. The highest BCUT2D eigenvalue weighted by Gasteiger charge is 2.41. The van der Waals surface area contributed by atoms with Crippen molar-refractivity contribution >= 4 is 17.5 Å². The molecule has 0 bridgehead atoms. The Morgan fingerprint density at radius 1 is 1.09 bits per heavy atom. The lowest BCUT2D eigenvalue weighted by molar-refractivity contribution is -0.127. The van der Waals surface area contributed by atoms with Crippen LogP contribution in [-0.2, 0) is 9.59 Å². The van der Waals surface area contributed by atoms with E-state index in [4.69, 9.17) is 0 Å². The van der Waals surface area contributed by atoms with Gasteiger partial charge in [0.2, 0.25) is 11.8 Å². The van der Waals surface area contributed by atoms with E-state index in [0.29, 0.717) is 5.92 Å². The van der Waals surface area contributed by atoms with E-state index in [9.17, 15) is 9.59 Å². The van der Waals surface area contributed by atoms with Crippen LogP contribution in [0.5, 0.6) is 0 Å². The van der Waals surface area contributed by atoms with Gasteiger partial charge in [0, 0.05) is 12.2 Å². The first-order valence-electron chi connectivity index (χ1n) is 8.56. The van der Waals surface area contributed by atoms with Gasteiger partial charge >= 0.3 is 0 Å². The Bertz CT molecular complexity index is 549. The molecule has 1 aromatic carbocycles. The molecule has 2 amide bonds. The number of carbonyl (C=O) groups excluding carboxylic acids is 2. The van der Waals surface area contributed by atoms with Crippen molar-refractivity contribution in [2.75, 3.05) is 18.4 Å². The maximum Gasteiger partial charge on any atom is 0.240 e. The predicted octanol–water partition coefficient (Wildman–Crippen LogP) is 2.05. The van der Waals surface area contributed by atoms with E-state index >= 15 is 0 Å². The van der Waals surface area contributed by atoms with Gasteiger partial charge in [-0.1, -0.05) is 31.0 Å². The smallest absolute Gasteiger partial charge is 0.240 e. The summed E-state index contributed by atoms with van der Waals surface area (Å²) in [4.78, 5) is 24.7. The van der Waals surface area contributed by atoms with Crippen LogP contribution in [0.3, 0.4) is 0 Å². The Morgan fingerprint density at radius 2 is 1.78 bits per heavy atom. The van der Waals surface area contributed by atoms with Gasteiger partial charge in [0.15, 0.2) is 0 Å².